The Hall–Kier alpha value is -10.3. The fourth-order valence-corrected chi connectivity index (χ4v) is 9.04. The van der Waals surface area contributed by atoms with E-state index in [4.69, 9.17) is 51.6 Å². The molecule has 544 valence electrons. The number of unbranched alkanes of at least 4 members (excludes halogenated alkanes) is 2. The van der Waals surface area contributed by atoms with Crippen molar-refractivity contribution in [2.45, 2.75) is 151 Å². The molecule has 0 aliphatic heterocycles. The number of hydrogen-bond acceptors (Lipinski definition) is 21. The van der Waals surface area contributed by atoms with Crippen molar-refractivity contribution in [1.29, 1.82) is 0 Å². The van der Waals surface area contributed by atoms with E-state index in [1.165, 1.54) is 26.0 Å². The van der Waals surface area contributed by atoms with Gasteiger partial charge in [-0.15, -0.1) is 0 Å². The molecule has 0 aromatic heterocycles. The Morgan fingerprint density at radius 1 is 0.408 bits per heavy atom. The number of aliphatic hydroxyl groups excluding tert-OH is 1. The number of amides is 13. The van der Waals surface area contributed by atoms with Crippen molar-refractivity contribution in [2.75, 3.05) is 59.0 Å². The lowest BCUT2D eigenvalue weighted by atomic mass is 10.0. The highest BCUT2D eigenvalue weighted by Gasteiger charge is 2.34. The topological polar surface area (TPSA) is 666 Å². The largest absolute Gasteiger partial charge is 0.508 e. The molecule has 38 nitrogen and oxygen atoms in total. The minimum Gasteiger partial charge on any atom is -0.508 e. The Labute approximate surface area is 566 Å². The van der Waals surface area contributed by atoms with Crippen LogP contribution in [0.15, 0.2) is 64.6 Å². The molecule has 0 aliphatic rings. The highest BCUT2D eigenvalue weighted by atomic mass is 16.3. The molecule has 38 heteroatoms. The number of rotatable bonds is 47. The van der Waals surface area contributed by atoms with Crippen molar-refractivity contribution < 1.29 is 72.5 Å². The Morgan fingerprint density at radius 2 is 0.816 bits per heavy atom. The number of primary amides is 1. The number of phenolic OH excluding ortho intramolecular Hbond substituents is 1. The lowest BCUT2D eigenvalue weighted by Gasteiger charge is -2.26. The summed E-state index contributed by atoms with van der Waals surface area (Å²) >= 11 is 0. The number of carbonyl (C=O) groups excluding carboxylic acids is 13. The lowest BCUT2D eigenvalue weighted by molar-refractivity contribution is -0.136. The number of phenols is 1. The van der Waals surface area contributed by atoms with Crippen molar-refractivity contribution >= 4 is 88.7 Å². The normalized spacial score (nSPS) is 13.9. The summed E-state index contributed by atoms with van der Waals surface area (Å²) in [5.74, 6) is -11.9. The first-order valence-electron chi connectivity index (χ1n) is 31.7. The van der Waals surface area contributed by atoms with E-state index in [-0.39, 0.29) is 95.1 Å². The number of aromatic hydroxyl groups is 1. The van der Waals surface area contributed by atoms with Crippen molar-refractivity contribution in [1.82, 2.24) is 63.8 Å². The first-order chi connectivity index (χ1) is 46.5. The Balaban J connectivity index is 2.15. The predicted octanol–water partition coefficient (Wildman–Crippen LogP) is -9.94. The summed E-state index contributed by atoms with van der Waals surface area (Å²) in [6, 6.07) is 0.809. The highest BCUT2D eigenvalue weighted by molar-refractivity contribution is 5.99. The molecule has 0 saturated heterocycles. The smallest absolute Gasteiger partial charge is 0.245 e. The molecule has 0 fully saturated rings. The second kappa shape index (κ2) is 46.0. The third-order valence-electron chi connectivity index (χ3n) is 14.5. The van der Waals surface area contributed by atoms with Crippen LogP contribution in [0, 0.1) is 0 Å². The number of aliphatic hydroxyl groups is 1. The Kier molecular flexibility index (Phi) is 39.3. The van der Waals surface area contributed by atoms with Crippen molar-refractivity contribution in [3.63, 3.8) is 0 Å². The standard InChI is InChI=1S/C60H99N23O15/c1-33(75-47(87)31-74-53(93)44(28-63)82-57(97)43(27-35-12-4-3-5-13-35)77-48(88)30-72-46(86)29-73-52(92)38(64)26-36-18-20-37(85)21-19-36)50(90)79-42(17-11-25-71-60(68)69)55(95)81-40(15-7-9-23-62)56(96)83-45(32-84)58(98)76-34(2)51(91)80-41(16-10-24-70-59(66)67)54(94)78-39(49(65)89)14-6-8-22-61/h3-5,12-13,18-21,33-34,38-45,84-85H,6-11,14-17,22-32,61-64H2,1-2H3,(H2,65,89)(H,72,86)(H,73,92)(H,74,93)(H,75,87)(H,76,98)(H,77,88)(H,78,94)(H,79,90)(H,80,91)(H,81,95)(H,82,97)(H,83,96)(H4,66,67,70)(H4,68,69,71)/t33-,34-,38-,39-,40-,41-,42-,43-,44-,45-/m0/s1. The zero-order chi connectivity index (χ0) is 73.3. The van der Waals surface area contributed by atoms with Crippen LogP contribution in [0.5, 0.6) is 5.75 Å². The fraction of sp³-hybridized carbons (Fsp3) is 0.550. The number of nitrogens with one attached hydrogen (secondary N) is 12. The third-order valence-corrected chi connectivity index (χ3v) is 14.5. The van der Waals surface area contributed by atoms with Crippen LogP contribution >= 0.6 is 0 Å². The molecule has 2 aromatic carbocycles. The zero-order valence-corrected chi connectivity index (χ0v) is 55.1. The Bertz CT molecular complexity index is 3010. The number of aliphatic imine (C=N–C) groups is 2. The van der Waals surface area contributed by atoms with Gasteiger partial charge in [0.1, 0.15) is 60.1 Å². The van der Waals surface area contributed by atoms with Gasteiger partial charge in [0.25, 0.3) is 0 Å². The minimum absolute atomic E-state index is 0.0190. The van der Waals surface area contributed by atoms with E-state index in [2.05, 4.69) is 73.8 Å². The number of hydrogen-bond donors (Lipinski definition) is 23. The van der Waals surface area contributed by atoms with E-state index in [0.717, 1.165) is 0 Å². The second-order valence-corrected chi connectivity index (χ2v) is 22.7. The zero-order valence-electron chi connectivity index (χ0n) is 55.1. The molecule has 0 radical (unpaired) electrons. The molecular formula is C60H99N23O15. The van der Waals surface area contributed by atoms with Gasteiger partial charge in [0.15, 0.2) is 11.9 Å². The van der Waals surface area contributed by atoms with Crippen LogP contribution in [0.2, 0.25) is 0 Å². The number of benzene rings is 2. The summed E-state index contributed by atoms with van der Waals surface area (Å²) in [6.45, 7) is -0.387. The molecule has 0 saturated carbocycles. The molecule has 0 aliphatic carbocycles. The average molecular weight is 1380 g/mol. The van der Waals surface area contributed by atoms with Gasteiger partial charge < -0.3 is 126 Å². The number of nitrogens with two attached hydrogens (primary N) is 9. The van der Waals surface area contributed by atoms with Crippen LogP contribution in [0.25, 0.3) is 0 Å². The molecule has 32 N–H and O–H groups in total. The van der Waals surface area contributed by atoms with Gasteiger partial charge in [0, 0.05) is 26.1 Å². The van der Waals surface area contributed by atoms with Gasteiger partial charge in [-0.2, -0.15) is 0 Å². The SMILES string of the molecule is C[C@H](NC(=O)CNC(=O)[C@H](CN)NC(=O)[C@H](Cc1ccccc1)NC(=O)CNC(=O)CNC(=O)[C@@H](N)Cc1ccc(O)cc1)C(=O)N[C@@H](CCCN=C(N)N)C(=O)N[C@@H](CCCCN)C(=O)N[C@@H](CO)C(=O)N[C@@H](C)C(=O)N[C@@H](CCCN=C(N)N)C(=O)N[C@@H](CCCCN)C(N)=O. The summed E-state index contributed by atoms with van der Waals surface area (Å²) in [4.78, 5) is 181. The first-order valence-corrected chi connectivity index (χ1v) is 31.7. The maximum Gasteiger partial charge on any atom is 0.245 e. The number of guanidine groups is 2. The molecule has 0 bridgehead atoms. The molecule has 98 heavy (non-hydrogen) atoms. The second-order valence-electron chi connectivity index (χ2n) is 22.7. The summed E-state index contributed by atoms with van der Waals surface area (Å²) in [6.07, 6.45) is 1.79. The molecule has 0 unspecified atom stereocenters. The predicted molar refractivity (Wildman–Crippen MR) is 359 cm³/mol. The van der Waals surface area contributed by atoms with E-state index in [9.17, 15) is 72.5 Å². The monoisotopic (exact) mass is 1380 g/mol. The van der Waals surface area contributed by atoms with Crippen molar-refractivity contribution in [3.8, 4) is 5.75 Å². The summed E-state index contributed by atoms with van der Waals surface area (Å²) in [5.41, 5.74) is 51.7. The van der Waals surface area contributed by atoms with Crippen LogP contribution in [-0.4, -0.2) is 218 Å². The van der Waals surface area contributed by atoms with Gasteiger partial charge in [-0.25, -0.2) is 0 Å². The number of carbonyl (C=O) groups is 13. The van der Waals surface area contributed by atoms with E-state index in [1.54, 1.807) is 42.5 Å². The van der Waals surface area contributed by atoms with E-state index in [0.29, 0.717) is 36.9 Å². The summed E-state index contributed by atoms with van der Waals surface area (Å²) < 4.78 is 0. The van der Waals surface area contributed by atoms with E-state index in [1.807, 2.05) is 0 Å². The van der Waals surface area contributed by atoms with Crippen LogP contribution in [0.3, 0.4) is 0 Å². The van der Waals surface area contributed by atoms with Crippen molar-refractivity contribution in [3.05, 3.63) is 65.7 Å². The first kappa shape index (κ1) is 83.8. The average Bonchev–Trinajstić information content (AvgIpc) is 0.928. The Morgan fingerprint density at radius 3 is 1.32 bits per heavy atom. The molecule has 2 aromatic rings. The van der Waals surface area contributed by atoms with Crippen LogP contribution in [0.4, 0.5) is 0 Å². The molecule has 13 amide bonds. The highest BCUT2D eigenvalue weighted by Crippen LogP contribution is 2.12. The maximum absolute atomic E-state index is 14.1. The fourth-order valence-electron chi connectivity index (χ4n) is 9.04. The summed E-state index contributed by atoms with van der Waals surface area (Å²) in [5, 5.41) is 49.0. The molecule has 0 heterocycles. The molecular weight excluding hydrogens is 1280 g/mol. The van der Waals surface area contributed by atoms with E-state index >= 15 is 0 Å². The maximum atomic E-state index is 14.1. The van der Waals surface area contributed by atoms with Gasteiger partial charge in [-0.3, -0.25) is 72.3 Å². The van der Waals surface area contributed by atoms with Crippen LogP contribution in [-0.2, 0) is 75.2 Å². The van der Waals surface area contributed by atoms with Gasteiger partial charge in [-0.1, -0.05) is 42.5 Å². The molecule has 2 rings (SSSR count). The van der Waals surface area contributed by atoms with Gasteiger partial charge in [0.2, 0.25) is 76.8 Å². The third kappa shape index (κ3) is 33.9. The molecule has 10 atom stereocenters. The lowest BCUT2D eigenvalue weighted by Crippen LogP contribution is -2.60. The van der Waals surface area contributed by atoms with Crippen LogP contribution < -0.4 is 115 Å². The van der Waals surface area contributed by atoms with Gasteiger partial charge in [-0.05, 0) is 121 Å². The van der Waals surface area contributed by atoms with E-state index < -0.39 is 170 Å². The minimum atomic E-state index is -1.72. The van der Waals surface area contributed by atoms with Crippen LogP contribution in [0.1, 0.15) is 89.2 Å². The molecule has 0 spiro atoms. The summed E-state index contributed by atoms with van der Waals surface area (Å²) in [7, 11) is 0. The van der Waals surface area contributed by atoms with Gasteiger partial charge >= 0.3 is 0 Å². The van der Waals surface area contributed by atoms with Gasteiger partial charge in [0.05, 0.1) is 32.3 Å². The van der Waals surface area contributed by atoms with Crippen molar-refractivity contribution in [2.24, 2.45) is 61.6 Å². The quantitative estimate of drug-likeness (QED) is 0.0166. The number of nitrogens with zero attached hydrogens (tertiary/aromatic N) is 2.